The summed E-state index contributed by atoms with van der Waals surface area (Å²) >= 11 is 0. The number of imidazole rings is 1. The lowest BCUT2D eigenvalue weighted by Gasteiger charge is -2.16. The number of phenolic OH excluding ortho intramolecular Hbond substituents is 1. The minimum absolute atomic E-state index is 0.0301. The fraction of sp³-hybridized carbons (Fsp3) is 0.0882. The van der Waals surface area contributed by atoms with E-state index in [0.717, 1.165) is 23.4 Å². The van der Waals surface area contributed by atoms with Crippen LogP contribution in [-0.4, -0.2) is 36.8 Å². The number of hydrogen-bond donors (Lipinski definition) is 3. The Morgan fingerprint density at radius 1 is 0.935 bits per heavy atom. The monoisotopic (exact) mass is 622 g/mol. The zero-order chi connectivity index (χ0) is 32.4. The standard InChI is InChI=1S/C34H25F3N6O3/c35-34(36,37)29-22(10-11-23(19-44)30(29)46)17-28(45)40-18-20-8-12-24(13-9-20)43-32(25-7-4-16-39-31(25)38)42-27-15-14-26(41-33(27)43)21-5-2-1-3-6-21/h1-16,19,46H,17-18H2,(H2,38,39)(H,40,45). The number of carbonyl (C=O) groups excluding carboxylic acids is 2. The van der Waals surface area contributed by atoms with Gasteiger partial charge in [0.15, 0.2) is 17.8 Å². The van der Waals surface area contributed by atoms with Crippen LogP contribution in [0.2, 0.25) is 0 Å². The van der Waals surface area contributed by atoms with Gasteiger partial charge in [0.05, 0.1) is 23.2 Å². The number of nitrogens with one attached hydrogen (secondary N) is 1. The molecule has 0 saturated heterocycles. The van der Waals surface area contributed by atoms with E-state index in [1.807, 2.05) is 65.2 Å². The smallest absolute Gasteiger partial charge is 0.420 e. The number of aldehydes is 1. The Labute approximate surface area is 260 Å². The first-order valence-electron chi connectivity index (χ1n) is 14.0. The lowest BCUT2D eigenvalue weighted by atomic mass is 9.99. The average Bonchev–Trinajstić information content (AvgIpc) is 3.43. The molecule has 0 fully saturated rings. The normalized spacial score (nSPS) is 11.5. The number of halogens is 3. The number of nitrogens with two attached hydrogens (primary N) is 1. The Morgan fingerprint density at radius 2 is 1.70 bits per heavy atom. The molecule has 0 unspecified atom stereocenters. The van der Waals surface area contributed by atoms with Gasteiger partial charge in [0.1, 0.15) is 22.6 Å². The van der Waals surface area contributed by atoms with E-state index in [4.69, 9.17) is 15.7 Å². The van der Waals surface area contributed by atoms with Crippen molar-refractivity contribution in [1.29, 1.82) is 0 Å². The number of aromatic nitrogens is 4. The molecule has 0 aliphatic carbocycles. The number of nitrogens with zero attached hydrogens (tertiary/aromatic N) is 4. The molecule has 3 aromatic heterocycles. The van der Waals surface area contributed by atoms with Crippen molar-refractivity contribution in [2.24, 2.45) is 0 Å². The van der Waals surface area contributed by atoms with Gasteiger partial charge in [-0.2, -0.15) is 13.2 Å². The van der Waals surface area contributed by atoms with Crippen molar-refractivity contribution >= 4 is 29.2 Å². The molecule has 6 aromatic rings. The molecular weight excluding hydrogens is 597 g/mol. The van der Waals surface area contributed by atoms with Crippen molar-refractivity contribution in [2.75, 3.05) is 5.73 Å². The van der Waals surface area contributed by atoms with Gasteiger partial charge in [-0.3, -0.25) is 14.2 Å². The maximum atomic E-state index is 13.6. The topological polar surface area (TPSA) is 136 Å². The second kappa shape index (κ2) is 12.2. The maximum absolute atomic E-state index is 13.6. The molecule has 4 N–H and O–H groups in total. The van der Waals surface area contributed by atoms with E-state index in [9.17, 15) is 27.9 Å². The summed E-state index contributed by atoms with van der Waals surface area (Å²) in [6.07, 6.45) is -3.89. The third-order valence-electron chi connectivity index (χ3n) is 7.39. The van der Waals surface area contributed by atoms with Crippen molar-refractivity contribution in [2.45, 2.75) is 19.1 Å². The highest BCUT2D eigenvalue weighted by Crippen LogP contribution is 2.40. The summed E-state index contributed by atoms with van der Waals surface area (Å²) in [6, 6.07) is 26.3. The van der Waals surface area contributed by atoms with E-state index in [-0.39, 0.29) is 12.8 Å². The molecule has 1 amide bonds. The summed E-state index contributed by atoms with van der Waals surface area (Å²) in [5, 5.41) is 12.6. The minimum atomic E-state index is -4.96. The van der Waals surface area contributed by atoms with E-state index in [1.165, 1.54) is 0 Å². The number of hydrogen-bond acceptors (Lipinski definition) is 7. The number of alkyl halides is 3. The Hall–Kier alpha value is -6.04. The molecule has 3 aromatic carbocycles. The fourth-order valence-electron chi connectivity index (χ4n) is 5.17. The van der Waals surface area contributed by atoms with Gasteiger partial charge < -0.3 is 16.2 Å². The largest absolute Gasteiger partial charge is 0.507 e. The highest BCUT2D eigenvalue weighted by Gasteiger charge is 2.38. The number of nitrogen functional groups attached to an aromatic ring is 1. The molecule has 6 rings (SSSR count). The van der Waals surface area contributed by atoms with E-state index < -0.39 is 40.9 Å². The van der Waals surface area contributed by atoms with Crippen LogP contribution in [0.15, 0.2) is 97.2 Å². The van der Waals surface area contributed by atoms with Crippen LogP contribution in [0, 0.1) is 0 Å². The fourth-order valence-corrected chi connectivity index (χ4v) is 5.17. The number of amides is 1. The van der Waals surface area contributed by atoms with E-state index >= 15 is 0 Å². The molecule has 0 saturated carbocycles. The number of phenols is 1. The van der Waals surface area contributed by atoms with Gasteiger partial charge in [-0.25, -0.2) is 15.0 Å². The molecule has 9 nitrogen and oxygen atoms in total. The van der Waals surface area contributed by atoms with Gasteiger partial charge in [0, 0.05) is 24.0 Å². The van der Waals surface area contributed by atoms with Crippen molar-refractivity contribution in [3.8, 4) is 34.1 Å². The summed E-state index contributed by atoms with van der Waals surface area (Å²) < 4.78 is 42.7. The molecule has 0 aliphatic heterocycles. The highest BCUT2D eigenvalue weighted by atomic mass is 19.4. The lowest BCUT2D eigenvalue weighted by Crippen LogP contribution is -2.26. The number of fused-ring (bicyclic) bond motifs is 1. The zero-order valence-electron chi connectivity index (χ0n) is 24.0. The number of benzene rings is 3. The first-order chi connectivity index (χ1) is 22.1. The second-order valence-electron chi connectivity index (χ2n) is 10.4. The van der Waals surface area contributed by atoms with Crippen LogP contribution in [-0.2, 0) is 23.9 Å². The van der Waals surface area contributed by atoms with Crippen LogP contribution < -0.4 is 11.1 Å². The lowest BCUT2D eigenvalue weighted by molar-refractivity contribution is -0.139. The Morgan fingerprint density at radius 3 is 2.39 bits per heavy atom. The number of aromatic hydroxyl groups is 1. The summed E-state index contributed by atoms with van der Waals surface area (Å²) in [5.74, 6) is -1.07. The molecule has 12 heteroatoms. The van der Waals surface area contributed by atoms with Crippen LogP contribution >= 0.6 is 0 Å². The van der Waals surface area contributed by atoms with Gasteiger partial charge in [0.25, 0.3) is 0 Å². The quantitative estimate of drug-likeness (QED) is 0.174. The van der Waals surface area contributed by atoms with Gasteiger partial charge in [-0.1, -0.05) is 48.5 Å². The van der Waals surface area contributed by atoms with Crippen LogP contribution in [0.4, 0.5) is 19.0 Å². The molecular formula is C34H25F3N6O3. The zero-order valence-corrected chi connectivity index (χ0v) is 24.0. The third-order valence-corrected chi connectivity index (χ3v) is 7.39. The summed E-state index contributed by atoms with van der Waals surface area (Å²) in [4.78, 5) is 37.6. The van der Waals surface area contributed by atoms with E-state index in [1.54, 1.807) is 24.4 Å². The average molecular weight is 623 g/mol. The van der Waals surface area contributed by atoms with E-state index in [0.29, 0.717) is 39.6 Å². The van der Waals surface area contributed by atoms with Crippen LogP contribution in [0.3, 0.4) is 0 Å². The molecule has 0 radical (unpaired) electrons. The van der Waals surface area contributed by atoms with E-state index in [2.05, 4.69) is 10.3 Å². The molecule has 0 bridgehead atoms. The SMILES string of the molecule is Nc1ncccc1-c1nc2ccc(-c3ccccc3)nc2n1-c1ccc(CNC(=O)Cc2ccc(C=O)c(O)c2C(F)(F)F)cc1. The summed E-state index contributed by atoms with van der Waals surface area (Å²) in [5.41, 5.74) is 8.78. The molecule has 0 atom stereocenters. The highest BCUT2D eigenvalue weighted by molar-refractivity contribution is 5.85. The number of carbonyl (C=O) groups is 2. The molecule has 0 aliphatic rings. The van der Waals surface area contributed by atoms with Crippen molar-refractivity contribution in [3.05, 3.63) is 119 Å². The third kappa shape index (κ3) is 5.87. The van der Waals surface area contributed by atoms with Gasteiger partial charge in [0.2, 0.25) is 5.91 Å². The van der Waals surface area contributed by atoms with Gasteiger partial charge in [-0.05, 0) is 53.6 Å². The number of anilines is 1. The number of pyridine rings is 2. The Bertz CT molecular complexity index is 2080. The first kappa shape index (κ1) is 30.0. The van der Waals surface area contributed by atoms with Crippen LogP contribution in [0.5, 0.6) is 5.75 Å². The molecule has 3 heterocycles. The Balaban J connectivity index is 1.28. The van der Waals surface area contributed by atoms with Crippen molar-refractivity contribution < 1.29 is 27.9 Å². The predicted molar refractivity (Wildman–Crippen MR) is 166 cm³/mol. The first-order valence-corrected chi connectivity index (χ1v) is 14.0. The molecule has 0 spiro atoms. The van der Waals surface area contributed by atoms with Gasteiger partial charge >= 0.3 is 6.18 Å². The van der Waals surface area contributed by atoms with Crippen molar-refractivity contribution in [1.82, 2.24) is 24.8 Å². The molecule has 46 heavy (non-hydrogen) atoms. The van der Waals surface area contributed by atoms with Gasteiger partial charge in [-0.15, -0.1) is 0 Å². The van der Waals surface area contributed by atoms with Crippen LogP contribution in [0.25, 0.3) is 39.5 Å². The second-order valence-corrected chi connectivity index (χ2v) is 10.4. The Kier molecular flexibility index (Phi) is 7.93. The number of rotatable bonds is 8. The summed E-state index contributed by atoms with van der Waals surface area (Å²) in [7, 11) is 0. The predicted octanol–water partition coefficient (Wildman–Crippen LogP) is 6.13. The summed E-state index contributed by atoms with van der Waals surface area (Å²) in [6.45, 7) is 0.0301. The maximum Gasteiger partial charge on any atom is 0.420 e. The molecule has 230 valence electrons. The van der Waals surface area contributed by atoms with Crippen LogP contribution in [0.1, 0.15) is 27.0 Å². The minimum Gasteiger partial charge on any atom is -0.507 e. The van der Waals surface area contributed by atoms with Crippen molar-refractivity contribution in [3.63, 3.8) is 0 Å².